The third kappa shape index (κ3) is 1.91. The van der Waals surface area contributed by atoms with Crippen LogP contribution in [0.1, 0.15) is 12.8 Å². The normalized spacial score (nSPS) is 27.3. The number of nitrogens with one attached hydrogen (secondary N) is 1. The number of fused-ring (bicyclic) bond motifs is 1. The van der Waals surface area contributed by atoms with E-state index in [2.05, 4.69) is 15.3 Å². The molecule has 2 unspecified atom stereocenters. The Labute approximate surface area is 111 Å². The first-order chi connectivity index (χ1) is 8.66. The summed E-state index contributed by atoms with van der Waals surface area (Å²) in [7, 11) is 1.61. The van der Waals surface area contributed by atoms with Crippen LogP contribution >= 0.6 is 11.6 Å². The van der Waals surface area contributed by atoms with Crippen molar-refractivity contribution in [3.63, 3.8) is 0 Å². The predicted molar refractivity (Wildman–Crippen MR) is 71.2 cm³/mol. The molecule has 1 aromatic heterocycles. The standard InChI is InChI=1S/C12H17ClN4O/c1-16-12(18)11(13)10(5-15-16)17-6-8-3-2-4-14-9(8)7-17/h5,8-9,14H,2-4,6-7H2,1H3. The minimum Gasteiger partial charge on any atom is -0.367 e. The number of hydrogen-bond acceptors (Lipinski definition) is 4. The molecule has 3 heterocycles. The first-order valence-corrected chi connectivity index (χ1v) is 6.75. The molecule has 1 N–H and O–H groups in total. The number of hydrogen-bond donors (Lipinski definition) is 1. The van der Waals surface area contributed by atoms with E-state index in [1.54, 1.807) is 13.2 Å². The molecule has 18 heavy (non-hydrogen) atoms. The Morgan fingerprint density at radius 2 is 2.33 bits per heavy atom. The Balaban J connectivity index is 1.88. The largest absolute Gasteiger partial charge is 0.367 e. The average molecular weight is 269 g/mol. The molecule has 0 spiro atoms. The maximum atomic E-state index is 11.8. The van der Waals surface area contributed by atoms with E-state index < -0.39 is 0 Å². The second-order valence-electron chi connectivity index (χ2n) is 5.14. The molecule has 2 saturated heterocycles. The SMILES string of the molecule is Cn1ncc(N2CC3CCCNC3C2)c(Cl)c1=O. The summed E-state index contributed by atoms with van der Waals surface area (Å²) in [5, 5.41) is 7.88. The van der Waals surface area contributed by atoms with Crippen LogP contribution in [0.15, 0.2) is 11.0 Å². The first-order valence-electron chi connectivity index (χ1n) is 6.37. The molecule has 1 aromatic rings. The lowest BCUT2D eigenvalue weighted by molar-refractivity contribution is 0.340. The first kappa shape index (κ1) is 12.0. The van der Waals surface area contributed by atoms with Crippen LogP contribution in [0.4, 0.5) is 5.69 Å². The number of piperidine rings is 1. The fourth-order valence-electron chi connectivity index (χ4n) is 2.97. The molecule has 0 aliphatic carbocycles. The van der Waals surface area contributed by atoms with Crippen LogP contribution in [0, 0.1) is 5.92 Å². The van der Waals surface area contributed by atoms with E-state index >= 15 is 0 Å². The summed E-state index contributed by atoms with van der Waals surface area (Å²) in [4.78, 5) is 14.0. The number of halogens is 1. The van der Waals surface area contributed by atoms with Gasteiger partial charge in [-0.25, -0.2) is 4.68 Å². The highest BCUT2D eigenvalue weighted by Crippen LogP contribution is 2.31. The molecule has 0 radical (unpaired) electrons. The van der Waals surface area contributed by atoms with Gasteiger partial charge in [-0.2, -0.15) is 5.10 Å². The van der Waals surface area contributed by atoms with Crippen molar-refractivity contribution in [2.45, 2.75) is 18.9 Å². The van der Waals surface area contributed by atoms with Crippen LogP contribution in [0.2, 0.25) is 5.02 Å². The minimum absolute atomic E-state index is 0.225. The van der Waals surface area contributed by atoms with Gasteiger partial charge < -0.3 is 10.2 Å². The summed E-state index contributed by atoms with van der Waals surface area (Å²) in [5.74, 6) is 0.666. The van der Waals surface area contributed by atoms with Gasteiger partial charge in [0, 0.05) is 26.2 Å². The minimum atomic E-state index is -0.225. The van der Waals surface area contributed by atoms with Crippen LogP contribution in [-0.2, 0) is 7.05 Å². The van der Waals surface area contributed by atoms with Gasteiger partial charge in [-0.3, -0.25) is 4.79 Å². The Bertz CT molecular complexity index is 501. The maximum Gasteiger partial charge on any atom is 0.287 e. The van der Waals surface area contributed by atoms with Gasteiger partial charge in [0.2, 0.25) is 0 Å². The van der Waals surface area contributed by atoms with E-state index in [-0.39, 0.29) is 10.6 Å². The second kappa shape index (κ2) is 4.55. The lowest BCUT2D eigenvalue weighted by Crippen LogP contribution is -2.40. The molecular weight excluding hydrogens is 252 g/mol. The van der Waals surface area contributed by atoms with Gasteiger partial charge in [-0.05, 0) is 25.3 Å². The van der Waals surface area contributed by atoms with Crippen molar-refractivity contribution in [1.82, 2.24) is 15.1 Å². The molecule has 0 saturated carbocycles. The molecule has 6 heteroatoms. The Morgan fingerprint density at radius 1 is 1.50 bits per heavy atom. The van der Waals surface area contributed by atoms with Gasteiger partial charge in [0.25, 0.3) is 5.56 Å². The van der Waals surface area contributed by atoms with E-state index in [9.17, 15) is 4.79 Å². The number of rotatable bonds is 1. The van der Waals surface area contributed by atoms with Crippen molar-refractivity contribution < 1.29 is 0 Å². The molecular formula is C12H17ClN4O. The van der Waals surface area contributed by atoms with Gasteiger partial charge in [0.05, 0.1) is 11.9 Å². The summed E-state index contributed by atoms with van der Waals surface area (Å²) < 4.78 is 1.27. The topological polar surface area (TPSA) is 50.2 Å². The quantitative estimate of drug-likeness (QED) is 0.811. The number of anilines is 1. The van der Waals surface area contributed by atoms with Crippen LogP contribution in [0.3, 0.4) is 0 Å². The fraction of sp³-hybridized carbons (Fsp3) is 0.667. The van der Waals surface area contributed by atoms with Crippen LogP contribution in [-0.4, -0.2) is 35.5 Å². The van der Waals surface area contributed by atoms with Crippen molar-refractivity contribution in [1.29, 1.82) is 0 Å². The third-order valence-electron chi connectivity index (χ3n) is 4.00. The summed E-state index contributed by atoms with van der Waals surface area (Å²) in [6, 6.07) is 0.527. The van der Waals surface area contributed by atoms with Crippen LogP contribution in [0.25, 0.3) is 0 Å². The molecule has 5 nitrogen and oxygen atoms in total. The molecule has 0 amide bonds. The van der Waals surface area contributed by atoms with Crippen molar-refractivity contribution >= 4 is 17.3 Å². The maximum absolute atomic E-state index is 11.8. The van der Waals surface area contributed by atoms with Crippen molar-refractivity contribution in [3.05, 3.63) is 21.6 Å². The van der Waals surface area contributed by atoms with E-state index in [1.165, 1.54) is 17.5 Å². The molecule has 2 fully saturated rings. The van der Waals surface area contributed by atoms with E-state index in [1.807, 2.05) is 0 Å². The van der Waals surface area contributed by atoms with Crippen molar-refractivity contribution in [3.8, 4) is 0 Å². The molecule has 0 bridgehead atoms. The zero-order chi connectivity index (χ0) is 12.7. The van der Waals surface area contributed by atoms with Gasteiger partial charge in [0.15, 0.2) is 0 Å². The Kier molecular flexibility index (Phi) is 3.03. The zero-order valence-corrected chi connectivity index (χ0v) is 11.2. The lowest BCUT2D eigenvalue weighted by atomic mass is 9.94. The zero-order valence-electron chi connectivity index (χ0n) is 10.4. The lowest BCUT2D eigenvalue weighted by Gasteiger charge is -2.24. The fourth-order valence-corrected chi connectivity index (χ4v) is 3.26. The average Bonchev–Trinajstić information content (AvgIpc) is 2.79. The highest BCUT2D eigenvalue weighted by Gasteiger charge is 2.35. The van der Waals surface area contributed by atoms with E-state index in [4.69, 9.17) is 11.6 Å². The molecule has 0 aromatic carbocycles. The third-order valence-corrected chi connectivity index (χ3v) is 4.36. The monoisotopic (exact) mass is 268 g/mol. The number of aromatic nitrogens is 2. The summed E-state index contributed by atoms with van der Waals surface area (Å²) in [6.45, 7) is 2.98. The molecule has 98 valence electrons. The van der Waals surface area contributed by atoms with Crippen LogP contribution < -0.4 is 15.8 Å². The summed E-state index contributed by atoms with van der Waals surface area (Å²) >= 11 is 6.14. The predicted octanol–water partition coefficient (Wildman–Crippen LogP) is 0.622. The van der Waals surface area contributed by atoms with Gasteiger partial charge in [-0.1, -0.05) is 11.6 Å². The van der Waals surface area contributed by atoms with E-state index in [0.717, 1.165) is 25.3 Å². The second-order valence-corrected chi connectivity index (χ2v) is 5.52. The molecule has 3 rings (SSSR count). The number of nitrogens with zero attached hydrogens (tertiary/aromatic N) is 3. The Hall–Kier alpha value is -1.07. The van der Waals surface area contributed by atoms with Gasteiger partial charge in [-0.15, -0.1) is 0 Å². The highest BCUT2D eigenvalue weighted by molar-refractivity contribution is 6.33. The molecule has 2 aliphatic heterocycles. The summed E-state index contributed by atoms with van der Waals surface area (Å²) in [5.41, 5.74) is 0.549. The van der Waals surface area contributed by atoms with Crippen LogP contribution in [0.5, 0.6) is 0 Å². The number of aryl methyl sites for hydroxylation is 1. The summed E-state index contributed by atoms with van der Waals surface area (Å²) in [6.07, 6.45) is 4.18. The van der Waals surface area contributed by atoms with Crippen molar-refractivity contribution in [2.24, 2.45) is 13.0 Å². The van der Waals surface area contributed by atoms with Gasteiger partial charge >= 0.3 is 0 Å². The molecule has 2 aliphatic rings. The Morgan fingerprint density at radius 3 is 3.11 bits per heavy atom. The highest BCUT2D eigenvalue weighted by atomic mass is 35.5. The smallest absolute Gasteiger partial charge is 0.287 e. The van der Waals surface area contributed by atoms with E-state index in [0.29, 0.717) is 12.0 Å². The van der Waals surface area contributed by atoms with Crippen molar-refractivity contribution in [2.75, 3.05) is 24.5 Å². The molecule has 2 atom stereocenters. The van der Waals surface area contributed by atoms with Gasteiger partial charge in [0.1, 0.15) is 5.02 Å².